The van der Waals surface area contributed by atoms with Gasteiger partial charge in [-0.25, -0.2) is 4.79 Å². The number of methoxy groups -OCH3 is 1. The Balaban J connectivity index is 2.81. The summed E-state index contributed by atoms with van der Waals surface area (Å²) in [7, 11) is 1.30. The number of esters is 1. The summed E-state index contributed by atoms with van der Waals surface area (Å²) in [6.45, 7) is 1.83. The SMILES string of the molecule is COC(=O)[C@H](CSC)NC(=O)c1ccc(N)c(C)c1. The number of carbonyl (C=O) groups is 2. The number of hydrogen-bond donors (Lipinski definition) is 2. The number of benzene rings is 1. The van der Waals surface area contributed by atoms with Gasteiger partial charge in [0.1, 0.15) is 6.04 Å². The molecule has 0 heterocycles. The molecule has 0 unspecified atom stereocenters. The minimum absolute atomic E-state index is 0.312. The molecule has 3 N–H and O–H groups in total. The molecule has 6 heteroatoms. The van der Waals surface area contributed by atoms with E-state index in [0.717, 1.165) is 5.56 Å². The molecule has 1 aromatic carbocycles. The van der Waals surface area contributed by atoms with E-state index in [1.807, 2.05) is 13.2 Å². The number of aryl methyl sites for hydroxylation is 1. The van der Waals surface area contributed by atoms with Crippen LogP contribution in [0.4, 0.5) is 5.69 Å². The first-order valence-electron chi connectivity index (χ1n) is 5.73. The van der Waals surface area contributed by atoms with Crippen molar-refractivity contribution in [2.24, 2.45) is 0 Å². The Hall–Kier alpha value is -1.69. The van der Waals surface area contributed by atoms with Gasteiger partial charge in [-0.1, -0.05) is 0 Å². The van der Waals surface area contributed by atoms with Gasteiger partial charge in [-0.2, -0.15) is 11.8 Å². The first-order chi connectivity index (χ1) is 8.99. The summed E-state index contributed by atoms with van der Waals surface area (Å²) >= 11 is 1.46. The highest BCUT2D eigenvalue weighted by atomic mass is 32.2. The van der Waals surface area contributed by atoms with Crippen LogP contribution in [0.25, 0.3) is 0 Å². The third-order valence-corrected chi connectivity index (χ3v) is 3.32. The summed E-state index contributed by atoms with van der Waals surface area (Å²) in [5, 5.41) is 2.66. The van der Waals surface area contributed by atoms with Crippen LogP contribution < -0.4 is 11.1 Å². The number of nitrogens with one attached hydrogen (secondary N) is 1. The van der Waals surface area contributed by atoms with Crippen LogP contribution in [-0.4, -0.2) is 37.0 Å². The number of nitrogens with two attached hydrogens (primary N) is 1. The second-order valence-electron chi connectivity index (χ2n) is 4.08. The lowest BCUT2D eigenvalue weighted by atomic mass is 10.1. The fourth-order valence-electron chi connectivity index (χ4n) is 1.54. The summed E-state index contributed by atoms with van der Waals surface area (Å²) in [5.74, 6) is -0.297. The molecule has 0 fully saturated rings. The van der Waals surface area contributed by atoms with Gasteiger partial charge in [0, 0.05) is 17.0 Å². The predicted octanol–water partition coefficient (Wildman–Crippen LogP) is 1.21. The molecule has 1 rings (SSSR count). The van der Waals surface area contributed by atoms with Crippen molar-refractivity contribution in [2.75, 3.05) is 24.9 Å². The maximum absolute atomic E-state index is 12.0. The predicted molar refractivity (Wildman–Crippen MR) is 77.2 cm³/mol. The number of anilines is 1. The van der Waals surface area contributed by atoms with Gasteiger partial charge < -0.3 is 15.8 Å². The molecule has 0 saturated carbocycles. The molecule has 0 saturated heterocycles. The first-order valence-corrected chi connectivity index (χ1v) is 7.12. The fraction of sp³-hybridized carbons (Fsp3) is 0.385. The Labute approximate surface area is 116 Å². The molecule has 0 aliphatic rings. The van der Waals surface area contributed by atoms with Crippen LogP contribution in [0.3, 0.4) is 0 Å². The van der Waals surface area contributed by atoms with Crippen molar-refractivity contribution < 1.29 is 14.3 Å². The molecule has 1 atom stereocenters. The zero-order valence-electron chi connectivity index (χ0n) is 11.2. The molecular formula is C13H18N2O3S. The van der Waals surface area contributed by atoms with Crippen LogP contribution in [0.2, 0.25) is 0 Å². The van der Waals surface area contributed by atoms with E-state index >= 15 is 0 Å². The summed E-state index contributed by atoms with van der Waals surface area (Å²) < 4.78 is 4.66. The quantitative estimate of drug-likeness (QED) is 0.626. The van der Waals surface area contributed by atoms with Gasteiger partial charge in [0.2, 0.25) is 0 Å². The molecule has 0 bridgehead atoms. The van der Waals surface area contributed by atoms with Gasteiger partial charge in [0.25, 0.3) is 5.91 Å². The van der Waals surface area contributed by atoms with Crippen LogP contribution >= 0.6 is 11.8 Å². The Kier molecular flexibility index (Phi) is 5.69. The van der Waals surface area contributed by atoms with Crippen molar-refractivity contribution in [1.29, 1.82) is 0 Å². The van der Waals surface area contributed by atoms with Gasteiger partial charge in [0.15, 0.2) is 0 Å². The van der Waals surface area contributed by atoms with Crippen LogP contribution in [0.1, 0.15) is 15.9 Å². The molecule has 19 heavy (non-hydrogen) atoms. The maximum atomic E-state index is 12.0. The molecule has 1 amide bonds. The monoisotopic (exact) mass is 282 g/mol. The normalized spacial score (nSPS) is 11.7. The van der Waals surface area contributed by atoms with E-state index in [2.05, 4.69) is 10.1 Å². The topological polar surface area (TPSA) is 81.4 Å². The number of nitrogen functional groups attached to an aromatic ring is 1. The van der Waals surface area contributed by atoms with E-state index in [-0.39, 0.29) is 5.91 Å². The zero-order chi connectivity index (χ0) is 14.4. The van der Waals surface area contributed by atoms with E-state index in [1.165, 1.54) is 18.9 Å². The van der Waals surface area contributed by atoms with Crippen molar-refractivity contribution in [1.82, 2.24) is 5.32 Å². The molecule has 1 aromatic rings. The van der Waals surface area contributed by atoms with E-state index in [0.29, 0.717) is 17.0 Å². The number of thioether (sulfide) groups is 1. The molecule has 104 valence electrons. The van der Waals surface area contributed by atoms with E-state index < -0.39 is 12.0 Å². The Morgan fingerprint density at radius 3 is 2.68 bits per heavy atom. The maximum Gasteiger partial charge on any atom is 0.329 e. The lowest BCUT2D eigenvalue weighted by Crippen LogP contribution is -2.43. The van der Waals surface area contributed by atoms with Gasteiger partial charge in [-0.15, -0.1) is 0 Å². The van der Waals surface area contributed by atoms with E-state index in [9.17, 15) is 9.59 Å². The lowest BCUT2D eigenvalue weighted by molar-refractivity contribution is -0.142. The number of carbonyl (C=O) groups excluding carboxylic acids is 2. The molecule has 0 aliphatic heterocycles. The standard InChI is InChI=1S/C13H18N2O3S/c1-8-6-9(4-5-10(8)14)12(16)15-11(7-19-3)13(17)18-2/h4-6,11H,7,14H2,1-3H3,(H,15,16)/t11-/m0/s1. The van der Waals surface area contributed by atoms with Crippen molar-refractivity contribution in [3.8, 4) is 0 Å². The third kappa shape index (κ3) is 4.17. The minimum atomic E-state index is -0.648. The molecular weight excluding hydrogens is 264 g/mol. The Bertz CT molecular complexity index is 477. The smallest absolute Gasteiger partial charge is 0.329 e. The van der Waals surface area contributed by atoms with Gasteiger partial charge >= 0.3 is 5.97 Å². The number of amides is 1. The summed E-state index contributed by atoms with van der Waals surface area (Å²) in [6, 6.07) is 4.35. The highest BCUT2D eigenvalue weighted by Crippen LogP contribution is 2.13. The molecule has 5 nitrogen and oxygen atoms in total. The second-order valence-corrected chi connectivity index (χ2v) is 4.99. The third-order valence-electron chi connectivity index (χ3n) is 2.66. The van der Waals surface area contributed by atoms with Gasteiger partial charge in [-0.05, 0) is 36.9 Å². The average molecular weight is 282 g/mol. The Morgan fingerprint density at radius 2 is 2.16 bits per heavy atom. The van der Waals surface area contributed by atoms with Gasteiger partial charge in [-0.3, -0.25) is 4.79 Å². The molecule has 0 aromatic heterocycles. The zero-order valence-corrected chi connectivity index (χ0v) is 12.0. The fourth-order valence-corrected chi connectivity index (χ4v) is 2.09. The average Bonchev–Trinajstić information content (AvgIpc) is 2.40. The number of ether oxygens (including phenoxy) is 1. The van der Waals surface area contributed by atoms with Gasteiger partial charge in [0.05, 0.1) is 7.11 Å². The van der Waals surface area contributed by atoms with Crippen LogP contribution in [0, 0.1) is 6.92 Å². The number of hydrogen-bond acceptors (Lipinski definition) is 5. The molecule has 0 aliphatic carbocycles. The minimum Gasteiger partial charge on any atom is -0.467 e. The van der Waals surface area contributed by atoms with Crippen LogP contribution in [0.15, 0.2) is 18.2 Å². The van der Waals surface area contributed by atoms with E-state index in [4.69, 9.17) is 5.73 Å². The van der Waals surface area contributed by atoms with Crippen molar-refractivity contribution >= 4 is 29.3 Å². The number of rotatable bonds is 5. The summed E-state index contributed by atoms with van der Waals surface area (Å²) in [5.41, 5.74) is 7.63. The molecule has 0 radical (unpaired) electrons. The van der Waals surface area contributed by atoms with E-state index in [1.54, 1.807) is 18.2 Å². The lowest BCUT2D eigenvalue weighted by Gasteiger charge is -2.15. The highest BCUT2D eigenvalue weighted by molar-refractivity contribution is 7.98. The summed E-state index contributed by atoms with van der Waals surface area (Å²) in [4.78, 5) is 23.6. The Morgan fingerprint density at radius 1 is 1.47 bits per heavy atom. The largest absolute Gasteiger partial charge is 0.467 e. The van der Waals surface area contributed by atoms with Crippen LogP contribution in [-0.2, 0) is 9.53 Å². The highest BCUT2D eigenvalue weighted by Gasteiger charge is 2.21. The second kappa shape index (κ2) is 7.04. The van der Waals surface area contributed by atoms with Crippen molar-refractivity contribution in [3.05, 3.63) is 29.3 Å². The first kappa shape index (κ1) is 15.4. The van der Waals surface area contributed by atoms with Crippen molar-refractivity contribution in [2.45, 2.75) is 13.0 Å². The molecule has 0 spiro atoms. The van der Waals surface area contributed by atoms with Crippen LogP contribution in [0.5, 0.6) is 0 Å². The van der Waals surface area contributed by atoms with Crippen molar-refractivity contribution in [3.63, 3.8) is 0 Å². The summed E-state index contributed by atoms with van der Waals surface area (Å²) in [6.07, 6.45) is 1.86.